The lowest BCUT2D eigenvalue weighted by molar-refractivity contribution is 0.0753. The second kappa shape index (κ2) is 9.17. The van der Waals surface area contributed by atoms with Gasteiger partial charge < -0.3 is 15.8 Å². The van der Waals surface area contributed by atoms with E-state index in [0.717, 1.165) is 58.6 Å². The zero-order chi connectivity index (χ0) is 22.9. The number of rotatable bonds is 5. The van der Waals surface area contributed by atoms with E-state index in [1.54, 1.807) is 29.0 Å². The second-order valence-electron chi connectivity index (χ2n) is 8.20. The number of nitrogens with two attached hydrogens (primary N) is 1. The molecule has 1 aliphatic heterocycles. The lowest BCUT2D eigenvalue weighted by Gasteiger charge is -2.27. The third-order valence-corrected chi connectivity index (χ3v) is 6.79. The maximum Gasteiger partial charge on any atom is 0.165 e. The van der Waals surface area contributed by atoms with Crippen LogP contribution < -0.4 is 11.1 Å². The van der Waals surface area contributed by atoms with Gasteiger partial charge in [0.2, 0.25) is 0 Å². The van der Waals surface area contributed by atoms with Gasteiger partial charge in [0.05, 0.1) is 22.1 Å². The van der Waals surface area contributed by atoms with Crippen molar-refractivity contribution in [3.05, 3.63) is 64.8 Å². The van der Waals surface area contributed by atoms with Crippen LogP contribution in [0, 0.1) is 5.82 Å². The van der Waals surface area contributed by atoms with Crippen molar-refractivity contribution < 1.29 is 9.13 Å². The first-order valence-electron chi connectivity index (χ1n) is 10.9. The highest BCUT2D eigenvalue weighted by atomic mass is 79.9. The summed E-state index contributed by atoms with van der Waals surface area (Å²) in [4.78, 5) is 9.50. The average molecular weight is 511 g/mol. The predicted octanol–water partition coefficient (Wildman–Crippen LogP) is 4.77. The fraction of sp³-hybridized carbons (Fsp3) is 0.292. The summed E-state index contributed by atoms with van der Waals surface area (Å²) in [6, 6.07) is 10.5. The van der Waals surface area contributed by atoms with Gasteiger partial charge in [-0.2, -0.15) is 9.61 Å². The lowest BCUT2D eigenvalue weighted by Crippen LogP contribution is -2.37. The standard InChI is InChI=1S/C24H24BrFN6O/c1-14(30-18-8-10-33-11-9-18)22-21(25)23(27)32-24(31-22)19(13-29-32)16-4-7-20(28-12-16)15-2-5-17(26)6-3-15/h2-7,12-14,18,30H,8-11,27H2,1H3. The normalized spacial score (nSPS) is 15.7. The van der Waals surface area contributed by atoms with Gasteiger partial charge in [0.15, 0.2) is 5.65 Å². The smallest absolute Gasteiger partial charge is 0.165 e. The summed E-state index contributed by atoms with van der Waals surface area (Å²) in [7, 11) is 0. The van der Waals surface area contributed by atoms with Crippen molar-refractivity contribution in [1.82, 2.24) is 24.9 Å². The van der Waals surface area contributed by atoms with Gasteiger partial charge in [0.25, 0.3) is 0 Å². The fourth-order valence-corrected chi connectivity index (χ4v) is 4.75. The average Bonchev–Trinajstić information content (AvgIpc) is 3.27. The molecule has 33 heavy (non-hydrogen) atoms. The monoisotopic (exact) mass is 510 g/mol. The van der Waals surface area contributed by atoms with E-state index in [1.165, 1.54) is 12.1 Å². The number of benzene rings is 1. The van der Waals surface area contributed by atoms with E-state index in [2.05, 4.69) is 38.3 Å². The van der Waals surface area contributed by atoms with E-state index in [-0.39, 0.29) is 11.9 Å². The van der Waals surface area contributed by atoms with Crippen molar-refractivity contribution in [3.8, 4) is 22.4 Å². The van der Waals surface area contributed by atoms with Crippen molar-refractivity contribution >= 4 is 27.4 Å². The first-order chi connectivity index (χ1) is 16.0. The number of aromatic nitrogens is 4. The Morgan fingerprint density at radius 1 is 1.12 bits per heavy atom. The van der Waals surface area contributed by atoms with Crippen LogP contribution in [-0.2, 0) is 4.74 Å². The highest BCUT2D eigenvalue weighted by Crippen LogP contribution is 2.33. The number of fused-ring (bicyclic) bond motifs is 1. The molecular weight excluding hydrogens is 487 g/mol. The summed E-state index contributed by atoms with van der Waals surface area (Å²) in [5.74, 6) is 0.227. The maximum absolute atomic E-state index is 13.2. The van der Waals surface area contributed by atoms with E-state index >= 15 is 0 Å². The van der Waals surface area contributed by atoms with Crippen LogP contribution in [-0.4, -0.2) is 38.8 Å². The third kappa shape index (κ3) is 4.36. The number of anilines is 1. The maximum atomic E-state index is 13.2. The number of pyridine rings is 1. The Labute approximate surface area is 199 Å². The fourth-order valence-electron chi connectivity index (χ4n) is 4.15. The van der Waals surface area contributed by atoms with Gasteiger partial charge in [-0.15, -0.1) is 0 Å². The van der Waals surface area contributed by atoms with Gasteiger partial charge in [-0.1, -0.05) is 6.07 Å². The Hall–Kier alpha value is -2.88. The molecular formula is C24H24BrFN6O. The first kappa shape index (κ1) is 21.9. The van der Waals surface area contributed by atoms with Crippen molar-refractivity contribution in [2.45, 2.75) is 31.8 Å². The second-order valence-corrected chi connectivity index (χ2v) is 9.00. The van der Waals surface area contributed by atoms with Crippen LogP contribution >= 0.6 is 15.9 Å². The minimum Gasteiger partial charge on any atom is -0.383 e. The molecule has 4 heterocycles. The van der Waals surface area contributed by atoms with Crippen LogP contribution in [0.3, 0.4) is 0 Å². The van der Waals surface area contributed by atoms with E-state index in [9.17, 15) is 4.39 Å². The molecule has 1 aliphatic rings. The molecule has 0 aliphatic carbocycles. The van der Waals surface area contributed by atoms with Crippen molar-refractivity contribution in [2.75, 3.05) is 18.9 Å². The van der Waals surface area contributed by atoms with Crippen LogP contribution in [0.1, 0.15) is 31.5 Å². The molecule has 9 heteroatoms. The number of hydrogen-bond donors (Lipinski definition) is 2. The molecule has 0 saturated carbocycles. The van der Waals surface area contributed by atoms with Gasteiger partial charge in [0.1, 0.15) is 11.6 Å². The molecule has 0 radical (unpaired) electrons. The van der Waals surface area contributed by atoms with Crippen molar-refractivity contribution in [1.29, 1.82) is 0 Å². The van der Waals surface area contributed by atoms with Crippen molar-refractivity contribution in [2.24, 2.45) is 0 Å². The number of halogens is 2. The lowest BCUT2D eigenvalue weighted by atomic mass is 10.1. The molecule has 1 fully saturated rings. The summed E-state index contributed by atoms with van der Waals surface area (Å²) in [5, 5.41) is 8.11. The SMILES string of the molecule is CC(NC1CCOCC1)c1nc2c(-c3ccc(-c4ccc(F)cc4)nc3)cnn2c(N)c1Br. The van der Waals surface area contributed by atoms with Gasteiger partial charge in [0, 0.05) is 48.2 Å². The van der Waals surface area contributed by atoms with Gasteiger partial charge >= 0.3 is 0 Å². The van der Waals surface area contributed by atoms with Crippen LogP contribution in [0.4, 0.5) is 10.2 Å². The topological polar surface area (TPSA) is 90.4 Å². The third-order valence-electron chi connectivity index (χ3n) is 5.98. The molecule has 3 aromatic heterocycles. The molecule has 0 amide bonds. The van der Waals surface area contributed by atoms with Gasteiger partial charge in [-0.25, -0.2) is 9.37 Å². The summed E-state index contributed by atoms with van der Waals surface area (Å²) >= 11 is 3.62. The molecule has 1 atom stereocenters. The molecule has 0 bridgehead atoms. The Bertz CT molecular complexity index is 1270. The number of ether oxygens (including phenoxy) is 1. The van der Waals surface area contributed by atoms with E-state index in [4.69, 9.17) is 15.5 Å². The Kier molecular flexibility index (Phi) is 6.09. The molecule has 7 nitrogen and oxygen atoms in total. The van der Waals surface area contributed by atoms with Crippen LogP contribution in [0.15, 0.2) is 53.3 Å². The van der Waals surface area contributed by atoms with Gasteiger partial charge in [-0.05, 0) is 66.0 Å². The largest absolute Gasteiger partial charge is 0.383 e. The van der Waals surface area contributed by atoms with Crippen molar-refractivity contribution in [3.63, 3.8) is 0 Å². The van der Waals surface area contributed by atoms with E-state index in [1.807, 2.05) is 12.1 Å². The first-order valence-corrected chi connectivity index (χ1v) is 11.7. The van der Waals surface area contributed by atoms with E-state index in [0.29, 0.717) is 17.5 Å². The minimum absolute atomic E-state index is 0.00324. The number of hydrogen-bond acceptors (Lipinski definition) is 6. The predicted molar refractivity (Wildman–Crippen MR) is 129 cm³/mol. The summed E-state index contributed by atoms with van der Waals surface area (Å²) in [5.41, 5.74) is 11.3. The van der Waals surface area contributed by atoms with Crippen LogP contribution in [0.2, 0.25) is 0 Å². The molecule has 5 rings (SSSR count). The molecule has 1 saturated heterocycles. The molecule has 1 aromatic carbocycles. The molecule has 4 aromatic rings. The zero-order valence-electron chi connectivity index (χ0n) is 18.1. The summed E-state index contributed by atoms with van der Waals surface area (Å²) in [6.45, 7) is 3.63. The number of nitrogens with one attached hydrogen (secondary N) is 1. The number of nitrogen functional groups attached to an aromatic ring is 1. The number of nitrogens with zero attached hydrogens (tertiary/aromatic N) is 4. The van der Waals surface area contributed by atoms with Crippen LogP contribution in [0.25, 0.3) is 28.0 Å². The summed E-state index contributed by atoms with van der Waals surface area (Å²) in [6.07, 6.45) is 5.48. The Balaban J connectivity index is 1.48. The molecule has 1 unspecified atom stereocenters. The highest BCUT2D eigenvalue weighted by Gasteiger charge is 2.23. The molecule has 3 N–H and O–H groups in total. The van der Waals surface area contributed by atoms with E-state index < -0.39 is 0 Å². The highest BCUT2D eigenvalue weighted by molar-refractivity contribution is 9.10. The summed E-state index contributed by atoms with van der Waals surface area (Å²) < 4.78 is 21.1. The Morgan fingerprint density at radius 2 is 1.85 bits per heavy atom. The van der Waals surface area contributed by atoms with Crippen LogP contribution in [0.5, 0.6) is 0 Å². The quantitative estimate of drug-likeness (QED) is 0.401. The van der Waals surface area contributed by atoms with Gasteiger partial charge in [-0.3, -0.25) is 4.98 Å². The minimum atomic E-state index is -0.270. The molecule has 0 spiro atoms. The zero-order valence-corrected chi connectivity index (χ0v) is 19.7. The Morgan fingerprint density at radius 3 is 2.55 bits per heavy atom. The molecule has 170 valence electrons.